The Bertz CT molecular complexity index is 1220. The predicted molar refractivity (Wildman–Crippen MR) is 133 cm³/mol. The van der Waals surface area contributed by atoms with E-state index in [1.807, 2.05) is 6.92 Å². The number of benzene rings is 1. The fourth-order valence-corrected chi connectivity index (χ4v) is 4.72. The van der Waals surface area contributed by atoms with Crippen LogP contribution >= 0.6 is 0 Å². The van der Waals surface area contributed by atoms with E-state index in [9.17, 15) is 9.59 Å². The number of nitrogens with zero attached hydrogens (tertiary/aromatic N) is 4. The van der Waals surface area contributed by atoms with Crippen molar-refractivity contribution in [3.05, 3.63) is 52.8 Å². The monoisotopic (exact) mass is 463 g/mol. The molecule has 9 nitrogen and oxygen atoms in total. The van der Waals surface area contributed by atoms with Crippen LogP contribution in [0.3, 0.4) is 0 Å². The number of fused-ring (bicyclic) bond motifs is 1. The number of hydrogen-bond donors (Lipinski definition) is 3. The Morgan fingerprint density at radius 3 is 2.68 bits per heavy atom. The summed E-state index contributed by atoms with van der Waals surface area (Å²) in [6.07, 6.45) is 4.87. The lowest BCUT2D eigenvalue weighted by molar-refractivity contribution is 0.0936. The summed E-state index contributed by atoms with van der Waals surface area (Å²) in [5, 5.41) is 11.9. The van der Waals surface area contributed by atoms with E-state index in [0.717, 1.165) is 29.4 Å². The first-order valence-electron chi connectivity index (χ1n) is 11.9. The normalized spacial score (nSPS) is 16.6. The van der Waals surface area contributed by atoms with E-state index < -0.39 is 6.03 Å². The number of amides is 3. The number of urea groups is 1. The van der Waals surface area contributed by atoms with Crippen molar-refractivity contribution in [3.8, 4) is 0 Å². The summed E-state index contributed by atoms with van der Waals surface area (Å²) in [5.74, 6) is -0.197. The molecule has 3 aromatic rings. The molecule has 1 aliphatic heterocycles. The predicted octanol–water partition coefficient (Wildman–Crippen LogP) is 3.51. The topological polar surface area (TPSA) is 118 Å². The van der Waals surface area contributed by atoms with Crippen LogP contribution in [0.5, 0.6) is 0 Å². The van der Waals surface area contributed by atoms with Crippen molar-refractivity contribution < 1.29 is 9.59 Å². The average molecular weight is 464 g/mol. The molecular weight excluding hydrogens is 430 g/mol. The molecular formula is C25H33N7O2. The smallest absolute Gasteiger partial charge is 0.314 e. The summed E-state index contributed by atoms with van der Waals surface area (Å²) in [5.41, 5.74) is 10.8. The van der Waals surface area contributed by atoms with Gasteiger partial charge in [0.15, 0.2) is 5.65 Å². The first-order valence-corrected chi connectivity index (χ1v) is 11.9. The van der Waals surface area contributed by atoms with E-state index in [-0.39, 0.29) is 18.0 Å². The zero-order valence-corrected chi connectivity index (χ0v) is 20.3. The lowest BCUT2D eigenvalue weighted by Crippen LogP contribution is -2.36. The highest BCUT2D eigenvalue weighted by atomic mass is 16.2. The Kier molecular flexibility index (Phi) is 6.72. The molecule has 0 saturated carbocycles. The van der Waals surface area contributed by atoms with E-state index in [1.54, 1.807) is 22.0 Å². The minimum atomic E-state index is -0.430. The van der Waals surface area contributed by atoms with Crippen LogP contribution in [-0.4, -0.2) is 50.7 Å². The molecule has 0 radical (unpaired) electrons. The Hall–Kier alpha value is -3.62. The van der Waals surface area contributed by atoms with Gasteiger partial charge in [-0.15, -0.1) is 0 Å². The number of hydrogen-bond acceptors (Lipinski definition) is 5. The van der Waals surface area contributed by atoms with Crippen molar-refractivity contribution in [2.24, 2.45) is 5.73 Å². The zero-order valence-electron chi connectivity index (χ0n) is 20.3. The number of nitrogens with one attached hydrogen (secondary N) is 2. The van der Waals surface area contributed by atoms with Crippen molar-refractivity contribution in [3.63, 3.8) is 0 Å². The highest BCUT2D eigenvalue weighted by Gasteiger charge is 2.28. The summed E-state index contributed by atoms with van der Waals surface area (Å²) >= 11 is 0. The van der Waals surface area contributed by atoms with Gasteiger partial charge in [-0.2, -0.15) is 5.10 Å². The van der Waals surface area contributed by atoms with Crippen LogP contribution in [0.4, 0.5) is 10.5 Å². The number of pyridine rings is 1. The summed E-state index contributed by atoms with van der Waals surface area (Å²) in [4.78, 5) is 31.3. The number of anilines is 1. The van der Waals surface area contributed by atoms with Gasteiger partial charge in [-0.25, -0.2) is 14.5 Å². The van der Waals surface area contributed by atoms with Crippen LogP contribution in [0.2, 0.25) is 0 Å². The van der Waals surface area contributed by atoms with Crippen molar-refractivity contribution in [2.75, 3.05) is 18.4 Å². The maximum Gasteiger partial charge on any atom is 0.314 e. The first-order chi connectivity index (χ1) is 16.3. The number of rotatable bonds is 7. The van der Waals surface area contributed by atoms with Gasteiger partial charge in [0, 0.05) is 31.9 Å². The highest BCUT2D eigenvalue weighted by molar-refractivity contribution is 6.06. The number of aryl methyl sites for hydroxylation is 3. The molecule has 9 heteroatoms. The van der Waals surface area contributed by atoms with Crippen LogP contribution in [0.15, 0.2) is 30.6 Å². The van der Waals surface area contributed by atoms with Crippen molar-refractivity contribution in [1.82, 2.24) is 25.0 Å². The van der Waals surface area contributed by atoms with Crippen LogP contribution in [0, 0.1) is 13.8 Å². The molecule has 2 atom stereocenters. The lowest BCUT2D eigenvalue weighted by atomic mass is 9.97. The molecule has 2 aromatic heterocycles. The van der Waals surface area contributed by atoms with Gasteiger partial charge in [0.05, 0.1) is 28.9 Å². The Morgan fingerprint density at radius 1 is 1.24 bits per heavy atom. The first kappa shape index (κ1) is 23.5. The van der Waals surface area contributed by atoms with Crippen LogP contribution in [0.25, 0.3) is 11.0 Å². The highest BCUT2D eigenvalue weighted by Crippen LogP contribution is 2.30. The van der Waals surface area contributed by atoms with E-state index in [4.69, 9.17) is 5.73 Å². The van der Waals surface area contributed by atoms with Gasteiger partial charge >= 0.3 is 6.03 Å². The van der Waals surface area contributed by atoms with Gasteiger partial charge in [-0.3, -0.25) is 4.79 Å². The SMILES string of the molecule is CCC(NC(=O)c1cnc2c(cnn2CC)c1N[C@H]1CCN(C(N)=O)C1)c1ccc(C)cc1C. The van der Waals surface area contributed by atoms with Crippen LogP contribution in [0.1, 0.15) is 59.8 Å². The van der Waals surface area contributed by atoms with Gasteiger partial charge in [0.2, 0.25) is 0 Å². The molecule has 3 amide bonds. The number of carbonyl (C=O) groups excluding carboxylic acids is 2. The average Bonchev–Trinajstić information content (AvgIpc) is 3.45. The number of likely N-dealkylation sites (tertiary alicyclic amines) is 1. The summed E-state index contributed by atoms with van der Waals surface area (Å²) in [6.45, 7) is 9.94. The molecule has 3 heterocycles. The van der Waals surface area contributed by atoms with Crippen molar-refractivity contribution in [1.29, 1.82) is 0 Å². The molecule has 34 heavy (non-hydrogen) atoms. The minimum Gasteiger partial charge on any atom is -0.379 e. The Balaban J connectivity index is 1.67. The second-order valence-electron chi connectivity index (χ2n) is 8.95. The second kappa shape index (κ2) is 9.70. The fourth-order valence-electron chi connectivity index (χ4n) is 4.72. The molecule has 1 aromatic carbocycles. The Morgan fingerprint density at radius 2 is 2.03 bits per heavy atom. The number of nitrogens with two attached hydrogens (primary N) is 1. The Labute approximate surface area is 199 Å². The molecule has 4 N–H and O–H groups in total. The van der Waals surface area contributed by atoms with Gasteiger partial charge in [-0.1, -0.05) is 30.7 Å². The van der Waals surface area contributed by atoms with E-state index in [0.29, 0.717) is 36.5 Å². The molecule has 1 aliphatic rings. The summed E-state index contributed by atoms with van der Waals surface area (Å²) in [7, 11) is 0. The van der Waals surface area contributed by atoms with E-state index in [2.05, 4.69) is 59.7 Å². The summed E-state index contributed by atoms with van der Waals surface area (Å²) in [6, 6.07) is 5.72. The minimum absolute atomic E-state index is 0.0176. The third-order valence-corrected chi connectivity index (χ3v) is 6.57. The van der Waals surface area contributed by atoms with Crippen molar-refractivity contribution in [2.45, 2.75) is 59.2 Å². The standard InChI is InChI=1S/C25H33N7O2/c1-5-21(18-8-7-15(3)11-16(18)4)30-24(33)20-12-27-23-19(13-28-32(23)6-2)22(20)29-17-9-10-31(14-17)25(26)34/h7-8,11-13,17,21H,5-6,9-10,14H2,1-4H3,(H2,26,34)(H,27,29)(H,30,33)/t17-,21?/m0/s1. The van der Waals surface area contributed by atoms with Gasteiger partial charge in [-0.05, 0) is 44.7 Å². The van der Waals surface area contributed by atoms with Gasteiger partial charge in [0.1, 0.15) is 0 Å². The number of aromatic nitrogens is 3. The molecule has 0 aliphatic carbocycles. The quantitative estimate of drug-likeness (QED) is 0.495. The van der Waals surface area contributed by atoms with Gasteiger partial charge in [0.25, 0.3) is 5.91 Å². The fraction of sp³-hybridized carbons (Fsp3) is 0.440. The molecule has 0 bridgehead atoms. The maximum atomic E-state index is 13.5. The third kappa shape index (κ3) is 4.55. The molecule has 0 spiro atoms. The second-order valence-corrected chi connectivity index (χ2v) is 8.95. The molecule has 4 rings (SSSR count). The lowest BCUT2D eigenvalue weighted by Gasteiger charge is -2.22. The van der Waals surface area contributed by atoms with E-state index >= 15 is 0 Å². The third-order valence-electron chi connectivity index (χ3n) is 6.57. The zero-order chi connectivity index (χ0) is 24.4. The number of primary amides is 1. The molecule has 180 valence electrons. The van der Waals surface area contributed by atoms with Crippen LogP contribution < -0.4 is 16.4 Å². The largest absolute Gasteiger partial charge is 0.379 e. The van der Waals surface area contributed by atoms with E-state index in [1.165, 1.54) is 5.56 Å². The summed E-state index contributed by atoms with van der Waals surface area (Å²) < 4.78 is 1.80. The molecule has 1 fully saturated rings. The van der Waals surface area contributed by atoms with Gasteiger partial charge < -0.3 is 21.3 Å². The molecule has 1 saturated heterocycles. The van der Waals surface area contributed by atoms with Crippen LogP contribution in [-0.2, 0) is 6.54 Å². The maximum absolute atomic E-state index is 13.5. The number of carbonyl (C=O) groups is 2. The van der Waals surface area contributed by atoms with Crippen molar-refractivity contribution >= 4 is 28.7 Å². The molecule has 1 unspecified atom stereocenters.